The van der Waals surface area contributed by atoms with Crippen LogP contribution >= 0.6 is 12.2 Å². The highest BCUT2D eigenvalue weighted by Crippen LogP contribution is 2.11. The summed E-state index contributed by atoms with van der Waals surface area (Å²) in [5, 5.41) is 11.0. The van der Waals surface area contributed by atoms with E-state index in [2.05, 4.69) is 22.2 Å². The number of aryl methyl sites for hydroxylation is 1. The summed E-state index contributed by atoms with van der Waals surface area (Å²) in [6, 6.07) is 7.76. The molecule has 0 bridgehead atoms. The van der Waals surface area contributed by atoms with Crippen molar-refractivity contribution in [3.8, 4) is 5.75 Å². The predicted molar refractivity (Wildman–Crippen MR) is 77.4 cm³/mol. The number of nitrogens with one attached hydrogen (secondary N) is 1. The average Bonchev–Trinajstić information content (AvgIpc) is 2.75. The van der Waals surface area contributed by atoms with Gasteiger partial charge < -0.3 is 4.74 Å². The molecule has 5 nitrogen and oxygen atoms in total. The molecule has 0 saturated heterocycles. The van der Waals surface area contributed by atoms with E-state index in [1.54, 1.807) is 10.9 Å². The van der Waals surface area contributed by atoms with Gasteiger partial charge in [-0.1, -0.05) is 6.92 Å². The van der Waals surface area contributed by atoms with Crippen LogP contribution in [0.4, 0.5) is 0 Å². The number of H-pyrrole nitrogens is 1. The molecule has 0 fully saturated rings. The van der Waals surface area contributed by atoms with Crippen LogP contribution < -0.4 is 4.74 Å². The number of aromatic nitrogens is 3. The molecule has 100 valence electrons. The highest BCUT2D eigenvalue weighted by atomic mass is 32.1. The van der Waals surface area contributed by atoms with Crippen LogP contribution in [0.25, 0.3) is 0 Å². The van der Waals surface area contributed by atoms with E-state index in [4.69, 9.17) is 17.0 Å². The third-order valence-electron chi connectivity index (χ3n) is 2.49. The molecule has 0 saturated carbocycles. The van der Waals surface area contributed by atoms with Crippen molar-refractivity contribution >= 4 is 18.4 Å². The lowest BCUT2D eigenvalue weighted by molar-refractivity contribution is 0.317. The van der Waals surface area contributed by atoms with Crippen molar-refractivity contribution in [2.24, 2.45) is 5.10 Å². The molecule has 0 aliphatic carbocycles. The van der Waals surface area contributed by atoms with E-state index in [1.807, 2.05) is 31.2 Å². The molecule has 0 aliphatic rings. The molecular formula is C13H16N4OS. The molecule has 1 heterocycles. The van der Waals surface area contributed by atoms with Crippen molar-refractivity contribution < 1.29 is 4.74 Å². The quantitative estimate of drug-likeness (QED) is 0.675. The first-order chi connectivity index (χ1) is 9.20. The average molecular weight is 276 g/mol. The SMILES string of the molecule is CCCOc1ccc(/C=N\n2c(C)n[nH]c2=S)cc1. The fraction of sp³-hybridized carbons (Fsp3) is 0.308. The van der Waals surface area contributed by atoms with Crippen molar-refractivity contribution in [2.75, 3.05) is 6.61 Å². The van der Waals surface area contributed by atoms with Crippen LogP contribution in [-0.4, -0.2) is 27.7 Å². The van der Waals surface area contributed by atoms with Crippen LogP contribution in [0.3, 0.4) is 0 Å². The zero-order valence-electron chi connectivity index (χ0n) is 11.0. The Balaban J connectivity index is 2.09. The van der Waals surface area contributed by atoms with Crippen LogP contribution in [0.15, 0.2) is 29.4 Å². The monoisotopic (exact) mass is 276 g/mol. The van der Waals surface area contributed by atoms with Gasteiger partial charge in [0.05, 0.1) is 12.8 Å². The minimum atomic E-state index is 0.483. The Morgan fingerprint density at radius 2 is 2.16 bits per heavy atom. The molecule has 1 aromatic carbocycles. The summed E-state index contributed by atoms with van der Waals surface area (Å²) in [5.41, 5.74) is 0.978. The number of aromatic amines is 1. The zero-order chi connectivity index (χ0) is 13.7. The third kappa shape index (κ3) is 3.51. The Bertz CT molecular complexity index is 612. The molecule has 0 spiro atoms. The Morgan fingerprint density at radius 1 is 1.42 bits per heavy atom. The summed E-state index contributed by atoms with van der Waals surface area (Å²) in [7, 11) is 0. The van der Waals surface area contributed by atoms with Crippen LogP contribution in [0.5, 0.6) is 5.75 Å². The Morgan fingerprint density at radius 3 is 2.74 bits per heavy atom. The highest BCUT2D eigenvalue weighted by molar-refractivity contribution is 7.71. The Labute approximate surface area is 116 Å². The molecular weight excluding hydrogens is 260 g/mol. The lowest BCUT2D eigenvalue weighted by Crippen LogP contribution is -1.96. The topological polar surface area (TPSA) is 55.2 Å². The summed E-state index contributed by atoms with van der Waals surface area (Å²) in [6.07, 6.45) is 2.74. The first-order valence-corrected chi connectivity index (χ1v) is 6.52. The van der Waals surface area contributed by atoms with Gasteiger partial charge >= 0.3 is 0 Å². The van der Waals surface area contributed by atoms with Gasteiger partial charge in [-0.15, -0.1) is 0 Å². The summed E-state index contributed by atoms with van der Waals surface area (Å²) < 4.78 is 7.58. The maximum Gasteiger partial charge on any atom is 0.216 e. The third-order valence-corrected chi connectivity index (χ3v) is 2.75. The van der Waals surface area contributed by atoms with Crippen molar-refractivity contribution in [2.45, 2.75) is 20.3 Å². The number of ether oxygens (including phenoxy) is 1. The molecule has 1 N–H and O–H groups in total. The fourth-order valence-corrected chi connectivity index (χ4v) is 1.73. The van der Waals surface area contributed by atoms with Crippen molar-refractivity contribution in [1.29, 1.82) is 0 Å². The molecule has 6 heteroatoms. The molecule has 0 atom stereocenters. The maximum absolute atomic E-state index is 5.52. The highest BCUT2D eigenvalue weighted by Gasteiger charge is 1.97. The van der Waals surface area contributed by atoms with Crippen LogP contribution in [0.2, 0.25) is 0 Å². The lowest BCUT2D eigenvalue weighted by Gasteiger charge is -2.03. The second kappa shape index (κ2) is 6.29. The van der Waals surface area contributed by atoms with Crippen molar-refractivity contribution in [3.63, 3.8) is 0 Å². The molecule has 0 aliphatic heterocycles. The standard InChI is InChI=1S/C13H16N4OS/c1-3-8-18-12-6-4-11(5-7-12)9-14-17-10(2)15-16-13(17)19/h4-7,9H,3,8H2,1-2H3,(H,16,19)/b14-9-. The van der Waals surface area contributed by atoms with Gasteiger partial charge in [-0.05, 0) is 55.4 Å². The van der Waals surface area contributed by atoms with Gasteiger partial charge in [0.15, 0.2) is 0 Å². The number of benzene rings is 1. The van der Waals surface area contributed by atoms with E-state index in [0.717, 1.165) is 30.2 Å². The van der Waals surface area contributed by atoms with Gasteiger partial charge in [0.1, 0.15) is 11.6 Å². The first kappa shape index (κ1) is 13.5. The summed E-state index contributed by atoms with van der Waals surface area (Å²) in [4.78, 5) is 0. The van der Waals surface area contributed by atoms with Gasteiger partial charge in [-0.25, -0.2) is 0 Å². The predicted octanol–water partition coefficient (Wildman–Crippen LogP) is 2.92. The molecule has 2 aromatic rings. The smallest absolute Gasteiger partial charge is 0.216 e. The van der Waals surface area contributed by atoms with Crippen LogP contribution in [0, 0.1) is 11.7 Å². The first-order valence-electron chi connectivity index (χ1n) is 6.12. The molecule has 2 rings (SSSR count). The fourth-order valence-electron chi connectivity index (χ4n) is 1.50. The molecule has 0 amide bonds. The summed E-state index contributed by atoms with van der Waals surface area (Å²) >= 11 is 5.07. The van der Waals surface area contributed by atoms with Gasteiger partial charge in [0.2, 0.25) is 4.77 Å². The normalized spacial score (nSPS) is 11.1. The molecule has 1 aromatic heterocycles. The molecule has 19 heavy (non-hydrogen) atoms. The van der Waals surface area contributed by atoms with Crippen LogP contribution in [-0.2, 0) is 0 Å². The second-order valence-corrected chi connectivity index (χ2v) is 4.44. The minimum absolute atomic E-state index is 0.483. The zero-order valence-corrected chi connectivity index (χ0v) is 11.8. The molecule has 0 unspecified atom stereocenters. The summed E-state index contributed by atoms with van der Waals surface area (Å²) in [5.74, 6) is 1.60. The van der Waals surface area contributed by atoms with E-state index in [0.29, 0.717) is 4.77 Å². The number of nitrogens with zero attached hydrogens (tertiary/aromatic N) is 3. The number of hydrogen-bond acceptors (Lipinski definition) is 4. The maximum atomic E-state index is 5.52. The minimum Gasteiger partial charge on any atom is -0.494 e. The van der Waals surface area contributed by atoms with E-state index >= 15 is 0 Å². The van der Waals surface area contributed by atoms with Crippen molar-refractivity contribution in [1.82, 2.24) is 14.9 Å². The van der Waals surface area contributed by atoms with E-state index < -0.39 is 0 Å². The Kier molecular flexibility index (Phi) is 4.46. The number of rotatable bonds is 5. The van der Waals surface area contributed by atoms with E-state index in [9.17, 15) is 0 Å². The molecule has 0 radical (unpaired) electrons. The Hall–Kier alpha value is -1.95. The van der Waals surface area contributed by atoms with Gasteiger partial charge in [0.25, 0.3) is 0 Å². The largest absolute Gasteiger partial charge is 0.494 e. The van der Waals surface area contributed by atoms with Gasteiger partial charge in [0, 0.05) is 0 Å². The second-order valence-electron chi connectivity index (χ2n) is 4.05. The van der Waals surface area contributed by atoms with Gasteiger partial charge in [-0.2, -0.15) is 14.9 Å². The number of hydrogen-bond donors (Lipinski definition) is 1. The van der Waals surface area contributed by atoms with E-state index in [-0.39, 0.29) is 0 Å². The summed E-state index contributed by atoms with van der Waals surface area (Å²) in [6.45, 7) is 4.65. The van der Waals surface area contributed by atoms with Crippen LogP contribution in [0.1, 0.15) is 24.7 Å². The van der Waals surface area contributed by atoms with E-state index in [1.165, 1.54) is 0 Å². The lowest BCUT2D eigenvalue weighted by atomic mass is 10.2. The van der Waals surface area contributed by atoms with Crippen molar-refractivity contribution in [3.05, 3.63) is 40.4 Å². The van der Waals surface area contributed by atoms with Gasteiger partial charge in [-0.3, -0.25) is 5.10 Å².